The Hall–Kier alpha value is -1.88. The Morgan fingerprint density at radius 2 is 1.70 bits per heavy atom. The maximum absolute atomic E-state index is 5.68. The van der Waals surface area contributed by atoms with Gasteiger partial charge in [-0.15, -0.1) is 11.6 Å². The minimum Gasteiger partial charge on any atom is -0.496 e. The van der Waals surface area contributed by atoms with E-state index in [4.69, 9.17) is 30.2 Å². The van der Waals surface area contributed by atoms with Crippen molar-refractivity contribution in [1.82, 2.24) is 4.98 Å². The fourth-order valence-electron chi connectivity index (χ4n) is 1.85. The highest BCUT2D eigenvalue weighted by atomic mass is 35.5. The summed E-state index contributed by atoms with van der Waals surface area (Å²) in [4.78, 5) is 4.18. The molecule has 0 aliphatic heterocycles. The Balaban J connectivity index is 2.47. The lowest BCUT2D eigenvalue weighted by atomic mass is 10.1. The van der Waals surface area contributed by atoms with Crippen molar-refractivity contribution in [2.45, 2.75) is 6.42 Å². The van der Waals surface area contributed by atoms with Crippen LogP contribution < -0.4 is 14.2 Å². The van der Waals surface area contributed by atoms with E-state index < -0.39 is 0 Å². The molecule has 0 N–H and O–H groups in total. The number of methoxy groups -OCH3 is 3. The molecule has 1 heterocycles. The zero-order valence-corrected chi connectivity index (χ0v) is 12.4. The van der Waals surface area contributed by atoms with E-state index in [0.29, 0.717) is 41.2 Å². The van der Waals surface area contributed by atoms with Gasteiger partial charge in [0, 0.05) is 18.4 Å². The molecule has 1 aromatic heterocycles. The van der Waals surface area contributed by atoms with Gasteiger partial charge in [0.15, 0.2) is 23.1 Å². The van der Waals surface area contributed by atoms with Gasteiger partial charge in [-0.25, -0.2) is 4.98 Å². The first-order valence-electron chi connectivity index (χ1n) is 6.04. The average Bonchev–Trinajstić information content (AvgIpc) is 2.94. The van der Waals surface area contributed by atoms with E-state index in [-0.39, 0.29) is 0 Å². The number of ether oxygens (including phenoxy) is 3. The van der Waals surface area contributed by atoms with Crippen molar-refractivity contribution >= 4 is 11.6 Å². The molecule has 0 saturated heterocycles. The highest BCUT2D eigenvalue weighted by Crippen LogP contribution is 2.40. The molecule has 0 amide bonds. The molecule has 0 bridgehead atoms. The topological polar surface area (TPSA) is 53.7 Å². The lowest BCUT2D eigenvalue weighted by molar-refractivity contribution is 0.349. The van der Waals surface area contributed by atoms with Gasteiger partial charge in [0.25, 0.3) is 0 Å². The molecule has 2 rings (SSSR count). The molecule has 0 saturated carbocycles. The number of rotatable bonds is 6. The van der Waals surface area contributed by atoms with Gasteiger partial charge in [-0.1, -0.05) is 0 Å². The molecular formula is C14H16ClNO4. The number of aromatic nitrogens is 1. The van der Waals surface area contributed by atoms with Crippen molar-refractivity contribution in [2.24, 2.45) is 0 Å². The van der Waals surface area contributed by atoms with Crippen molar-refractivity contribution in [2.75, 3.05) is 27.2 Å². The number of alkyl halides is 1. The highest BCUT2D eigenvalue weighted by Gasteiger charge is 2.16. The fraction of sp³-hybridized carbons (Fsp3) is 0.357. The van der Waals surface area contributed by atoms with Gasteiger partial charge < -0.3 is 18.6 Å². The smallest absolute Gasteiger partial charge is 0.196 e. The van der Waals surface area contributed by atoms with Gasteiger partial charge in [0.2, 0.25) is 0 Å². The van der Waals surface area contributed by atoms with E-state index in [1.165, 1.54) is 0 Å². The van der Waals surface area contributed by atoms with Crippen LogP contribution in [-0.2, 0) is 6.42 Å². The maximum Gasteiger partial charge on any atom is 0.196 e. The summed E-state index contributed by atoms with van der Waals surface area (Å²) in [7, 11) is 4.73. The molecule has 20 heavy (non-hydrogen) atoms. The zero-order chi connectivity index (χ0) is 14.5. The molecule has 1 aromatic carbocycles. The molecule has 0 spiro atoms. The first-order chi connectivity index (χ1) is 9.73. The van der Waals surface area contributed by atoms with Crippen LogP contribution in [0.4, 0.5) is 0 Å². The standard InChI is InChI=1S/C14H16ClNO4/c1-17-10-7-12(19-3)11(18-2)6-9(10)13-8-16-14(20-13)4-5-15/h6-8H,4-5H2,1-3H3. The number of oxazole rings is 1. The summed E-state index contributed by atoms with van der Waals surface area (Å²) in [5, 5.41) is 0. The Morgan fingerprint density at radius 3 is 2.30 bits per heavy atom. The second kappa shape index (κ2) is 6.52. The van der Waals surface area contributed by atoms with Crippen LogP contribution in [0.3, 0.4) is 0 Å². The van der Waals surface area contributed by atoms with Crippen LogP contribution in [0, 0.1) is 0 Å². The van der Waals surface area contributed by atoms with Crippen LogP contribution in [0.25, 0.3) is 11.3 Å². The van der Waals surface area contributed by atoms with Crippen LogP contribution in [0.2, 0.25) is 0 Å². The Labute approximate surface area is 122 Å². The fourth-order valence-corrected chi connectivity index (χ4v) is 2.01. The van der Waals surface area contributed by atoms with E-state index in [1.807, 2.05) is 0 Å². The van der Waals surface area contributed by atoms with Crippen LogP contribution in [0.1, 0.15) is 5.89 Å². The van der Waals surface area contributed by atoms with Crippen molar-refractivity contribution < 1.29 is 18.6 Å². The summed E-state index contributed by atoms with van der Waals surface area (Å²) < 4.78 is 21.5. The van der Waals surface area contributed by atoms with Crippen LogP contribution in [-0.4, -0.2) is 32.2 Å². The molecule has 0 radical (unpaired) electrons. The van der Waals surface area contributed by atoms with Gasteiger partial charge in [0.1, 0.15) is 5.75 Å². The largest absolute Gasteiger partial charge is 0.496 e. The molecule has 0 unspecified atom stereocenters. The minimum absolute atomic E-state index is 0.461. The third-order valence-electron chi connectivity index (χ3n) is 2.83. The van der Waals surface area contributed by atoms with E-state index in [2.05, 4.69) is 4.98 Å². The summed E-state index contributed by atoms with van der Waals surface area (Å²) in [6.45, 7) is 0. The van der Waals surface area contributed by atoms with E-state index in [0.717, 1.165) is 5.56 Å². The molecule has 5 nitrogen and oxygen atoms in total. The maximum atomic E-state index is 5.68. The van der Waals surface area contributed by atoms with Gasteiger partial charge in [-0.05, 0) is 6.07 Å². The lowest BCUT2D eigenvalue weighted by Gasteiger charge is -2.12. The van der Waals surface area contributed by atoms with E-state index >= 15 is 0 Å². The third kappa shape index (κ3) is 2.82. The first-order valence-corrected chi connectivity index (χ1v) is 6.58. The van der Waals surface area contributed by atoms with Crippen molar-refractivity contribution in [3.05, 3.63) is 24.2 Å². The SMILES string of the molecule is COc1cc(OC)c(-c2cnc(CCCl)o2)cc1OC. The molecule has 0 atom stereocenters. The Morgan fingerprint density at radius 1 is 1.05 bits per heavy atom. The predicted octanol–water partition coefficient (Wildman–Crippen LogP) is 3.15. The van der Waals surface area contributed by atoms with Crippen molar-refractivity contribution in [1.29, 1.82) is 0 Å². The van der Waals surface area contributed by atoms with Gasteiger partial charge >= 0.3 is 0 Å². The average molecular weight is 298 g/mol. The van der Waals surface area contributed by atoms with Crippen LogP contribution in [0.15, 0.2) is 22.7 Å². The Bertz CT molecular complexity index is 583. The second-order valence-electron chi connectivity index (χ2n) is 3.96. The molecule has 0 aliphatic rings. The number of nitrogens with zero attached hydrogens (tertiary/aromatic N) is 1. The quantitative estimate of drug-likeness (QED) is 0.767. The van der Waals surface area contributed by atoms with Crippen LogP contribution >= 0.6 is 11.6 Å². The van der Waals surface area contributed by atoms with E-state index in [9.17, 15) is 0 Å². The zero-order valence-electron chi connectivity index (χ0n) is 11.6. The number of aryl methyl sites for hydroxylation is 1. The first kappa shape index (κ1) is 14.5. The van der Waals surface area contributed by atoms with E-state index in [1.54, 1.807) is 39.7 Å². The number of hydrogen-bond acceptors (Lipinski definition) is 5. The number of hydrogen-bond donors (Lipinski definition) is 0. The normalized spacial score (nSPS) is 10.4. The van der Waals surface area contributed by atoms with Gasteiger partial charge in [0.05, 0.1) is 33.1 Å². The molecular weight excluding hydrogens is 282 g/mol. The monoisotopic (exact) mass is 297 g/mol. The second-order valence-corrected chi connectivity index (χ2v) is 4.34. The lowest BCUT2D eigenvalue weighted by Crippen LogP contribution is -1.94. The predicted molar refractivity (Wildman–Crippen MR) is 76.0 cm³/mol. The van der Waals surface area contributed by atoms with Crippen molar-refractivity contribution in [3.63, 3.8) is 0 Å². The molecule has 108 valence electrons. The summed E-state index contributed by atoms with van der Waals surface area (Å²) in [5.74, 6) is 3.46. The summed E-state index contributed by atoms with van der Waals surface area (Å²) in [6, 6.07) is 3.54. The number of benzene rings is 1. The van der Waals surface area contributed by atoms with Crippen LogP contribution in [0.5, 0.6) is 17.2 Å². The minimum atomic E-state index is 0.461. The summed E-state index contributed by atoms with van der Waals surface area (Å²) >= 11 is 5.68. The van der Waals surface area contributed by atoms with Crippen molar-refractivity contribution in [3.8, 4) is 28.6 Å². The van der Waals surface area contributed by atoms with Gasteiger partial charge in [-0.3, -0.25) is 0 Å². The van der Waals surface area contributed by atoms with Gasteiger partial charge in [-0.2, -0.15) is 0 Å². The Kier molecular flexibility index (Phi) is 4.74. The summed E-state index contributed by atoms with van der Waals surface area (Å²) in [6.07, 6.45) is 2.23. The highest BCUT2D eigenvalue weighted by molar-refractivity contribution is 6.17. The molecule has 2 aromatic rings. The number of halogens is 1. The molecule has 0 fully saturated rings. The molecule has 6 heteroatoms. The summed E-state index contributed by atoms with van der Waals surface area (Å²) in [5.41, 5.74) is 0.749. The molecule has 0 aliphatic carbocycles. The third-order valence-corrected chi connectivity index (χ3v) is 3.02.